The monoisotopic (exact) mass is 299 g/mol. The van der Waals surface area contributed by atoms with Crippen LogP contribution in [0.4, 0.5) is 4.39 Å². The Bertz CT molecular complexity index is 445. The van der Waals surface area contributed by atoms with E-state index < -0.39 is 0 Å². The SMILES string of the molecule is CC1CCCC(C)N1NC(CN)c1cc(Cl)ccc1F. The maximum Gasteiger partial charge on any atom is 0.128 e. The first-order valence-electron chi connectivity index (χ1n) is 7.22. The maximum absolute atomic E-state index is 14.0. The molecule has 112 valence electrons. The van der Waals surface area contributed by atoms with E-state index in [0.29, 0.717) is 29.2 Å². The standard InChI is InChI=1S/C15H23ClFN3/c1-10-4-3-5-11(2)20(10)19-15(9-18)13-8-12(16)6-7-14(13)17/h6-8,10-11,15,19H,3-5,9,18H2,1-2H3. The Morgan fingerprint density at radius 2 is 2.05 bits per heavy atom. The van der Waals surface area contributed by atoms with Gasteiger partial charge in [-0.2, -0.15) is 0 Å². The summed E-state index contributed by atoms with van der Waals surface area (Å²) in [6.45, 7) is 4.70. The predicted molar refractivity (Wildman–Crippen MR) is 81.0 cm³/mol. The largest absolute Gasteiger partial charge is 0.329 e. The van der Waals surface area contributed by atoms with Crippen LogP contribution in [0.1, 0.15) is 44.7 Å². The normalized spacial score (nSPS) is 25.6. The van der Waals surface area contributed by atoms with Crippen molar-refractivity contribution >= 4 is 11.6 Å². The minimum absolute atomic E-state index is 0.253. The summed E-state index contributed by atoms with van der Waals surface area (Å²) < 4.78 is 14.0. The van der Waals surface area contributed by atoms with E-state index in [1.54, 1.807) is 12.1 Å². The molecule has 3 nitrogen and oxygen atoms in total. The van der Waals surface area contributed by atoms with Crippen molar-refractivity contribution in [2.45, 2.75) is 51.2 Å². The molecule has 2 rings (SSSR count). The number of nitrogens with one attached hydrogen (secondary N) is 1. The zero-order valence-electron chi connectivity index (χ0n) is 12.1. The number of rotatable bonds is 4. The lowest BCUT2D eigenvalue weighted by atomic mass is 9.99. The van der Waals surface area contributed by atoms with Crippen LogP contribution in [-0.2, 0) is 0 Å². The third kappa shape index (κ3) is 3.50. The quantitative estimate of drug-likeness (QED) is 0.897. The van der Waals surface area contributed by atoms with E-state index in [2.05, 4.69) is 24.3 Å². The fourth-order valence-electron chi connectivity index (χ4n) is 2.89. The lowest BCUT2D eigenvalue weighted by Gasteiger charge is -2.41. The Hall–Kier alpha value is -0.680. The minimum atomic E-state index is -0.269. The molecule has 0 amide bonds. The van der Waals surface area contributed by atoms with Gasteiger partial charge in [0.2, 0.25) is 0 Å². The van der Waals surface area contributed by atoms with Crippen LogP contribution < -0.4 is 11.2 Å². The van der Waals surface area contributed by atoms with Crippen LogP contribution in [0, 0.1) is 5.82 Å². The average molecular weight is 300 g/mol. The fraction of sp³-hybridized carbons (Fsp3) is 0.600. The van der Waals surface area contributed by atoms with Gasteiger partial charge in [-0.3, -0.25) is 0 Å². The van der Waals surface area contributed by atoms with E-state index in [9.17, 15) is 4.39 Å². The van der Waals surface area contributed by atoms with E-state index in [-0.39, 0.29) is 11.9 Å². The molecule has 0 bridgehead atoms. The zero-order valence-corrected chi connectivity index (χ0v) is 12.8. The molecule has 1 heterocycles. The number of benzene rings is 1. The highest BCUT2D eigenvalue weighted by atomic mass is 35.5. The van der Waals surface area contributed by atoms with Gasteiger partial charge in [0.15, 0.2) is 0 Å². The van der Waals surface area contributed by atoms with Crippen LogP contribution in [-0.4, -0.2) is 23.6 Å². The van der Waals surface area contributed by atoms with Crippen molar-refractivity contribution < 1.29 is 4.39 Å². The molecule has 0 saturated carbocycles. The molecular weight excluding hydrogens is 277 g/mol. The van der Waals surface area contributed by atoms with Gasteiger partial charge in [-0.25, -0.2) is 14.8 Å². The smallest absolute Gasteiger partial charge is 0.128 e. The molecule has 5 heteroatoms. The summed E-state index contributed by atoms with van der Waals surface area (Å²) in [4.78, 5) is 0. The van der Waals surface area contributed by atoms with Crippen molar-refractivity contribution in [3.05, 3.63) is 34.6 Å². The van der Waals surface area contributed by atoms with Crippen LogP contribution in [0.2, 0.25) is 5.02 Å². The molecular formula is C15H23ClFN3. The number of halogens is 2. The van der Waals surface area contributed by atoms with Crippen LogP contribution in [0.5, 0.6) is 0 Å². The summed E-state index contributed by atoms with van der Waals surface area (Å²) in [5.41, 5.74) is 9.76. The van der Waals surface area contributed by atoms with E-state index in [0.717, 1.165) is 12.8 Å². The van der Waals surface area contributed by atoms with Crippen LogP contribution in [0.3, 0.4) is 0 Å². The summed E-state index contributed by atoms with van der Waals surface area (Å²) in [5.74, 6) is -0.269. The first kappa shape index (κ1) is 15.7. The van der Waals surface area contributed by atoms with Gasteiger partial charge in [-0.15, -0.1) is 0 Å². The molecule has 1 fully saturated rings. The molecule has 0 spiro atoms. The van der Waals surface area contributed by atoms with Crippen molar-refractivity contribution in [3.63, 3.8) is 0 Å². The van der Waals surface area contributed by atoms with Crippen molar-refractivity contribution in [1.29, 1.82) is 0 Å². The number of hydrogen-bond donors (Lipinski definition) is 2. The average Bonchev–Trinajstić information content (AvgIpc) is 2.42. The van der Waals surface area contributed by atoms with Gasteiger partial charge < -0.3 is 5.73 Å². The van der Waals surface area contributed by atoms with E-state index in [4.69, 9.17) is 17.3 Å². The first-order chi connectivity index (χ1) is 9.52. The number of nitrogens with zero attached hydrogens (tertiary/aromatic N) is 1. The van der Waals surface area contributed by atoms with Crippen molar-refractivity contribution in [2.75, 3.05) is 6.54 Å². The molecule has 1 aliphatic heterocycles. The van der Waals surface area contributed by atoms with Crippen molar-refractivity contribution in [1.82, 2.24) is 10.4 Å². The van der Waals surface area contributed by atoms with Crippen molar-refractivity contribution in [3.8, 4) is 0 Å². The van der Waals surface area contributed by atoms with Gasteiger partial charge in [0, 0.05) is 29.2 Å². The van der Waals surface area contributed by atoms with Gasteiger partial charge in [0.05, 0.1) is 6.04 Å². The van der Waals surface area contributed by atoms with E-state index in [1.165, 1.54) is 12.5 Å². The molecule has 3 atom stereocenters. The summed E-state index contributed by atoms with van der Waals surface area (Å²) >= 11 is 5.97. The molecule has 0 aliphatic carbocycles. The van der Waals surface area contributed by atoms with Gasteiger partial charge in [0.25, 0.3) is 0 Å². The Morgan fingerprint density at radius 3 is 2.65 bits per heavy atom. The zero-order chi connectivity index (χ0) is 14.7. The number of hydrazine groups is 1. The molecule has 1 saturated heterocycles. The first-order valence-corrected chi connectivity index (χ1v) is 7.60. The van der Waals surface area contributed by atoms with Gasteiger partial charge in [0.1, 0.15) is 5.82 Å². The predicted octanol–water partition coefficient (Wildman–Crippen LogP) is 3.25. The molecule has 1 aromatic carbocycles. The van der Waals surface area contributed by atoms with Crippen molar-refractivity contribution in [2.24, 2.45) is 5.73 Å². The second-order valence-electron chi connectivity index (χ2n) is 5.62. The molecule has 20 heavy (non-hydrogen) atoms. The van der Waals surface area contributed by atoms with Gasteiger partial charge in [-0.1, -0.05) is 18.0 Å². The number of hydrogen-bond acceptors (Lipinski definition) is 3. The van der Waals surface area contributed by atoms with E-state index in [1.807, 2.05) is 0 Å². The Morgan fingerprint density at radius 1 is 1.40 bits per heavy atom. The van der Waals surface area contributed by atoms with E-state index >= 15 is 0 Å². The lowest BCUT2D eigenvalue weighted by molar-refractivity contribution is 0.0299. The molecule has 0 radical (unpaired) electrons. The topological polar surface area (TPSA) is 41.3 Å². The molecule has 0 aromatic heterocycles. The summed E-state index contributed by atoms with van der Waals surface area (Å²) in [7, 11) is 0. The number of piperidine rings is 1. The Kier molecular flexibility index (Phi) is 5.38. The molecule has 3 unspecified atom stereocenters. The molecule has 1 aromatic rings. The van der Waals surface area contributed by atoms with Crippen LogP contribution in [0.25, 0.3) is 0 Å². The van der Waals surface area contributed by atoms with Gasteiger partial charge >= 0.3 is 0 Å². The Balaban J connectivity index is 2.17. The maximum atomic E-state index is 14.0. The highest BCUT2D eigenvalue weighted by Crippen LogP contribution is 2.25. The number of nitrogens with two attached hydrogens (primary N) is 1. The third-order valence-corrected chi connectivity index (χ3v) is 4.30. The second-order valence-corrected chi connectivity index (χ2v) is 6.06. The summed E-state index contributed by atoms with van der Waals surface area (Å²) in [5, 5.41) is 2.74. The van der Waals surface area contributed by atoms with Crippen LogP contribution in [0.15, 0.2) is 18.2 Å². The van der Waals surface area contributed by atoms with Crippen LogP contribution >= 0.6 is 11.6 Å². The van der Waals surface area contributed by atoms with Gasteiger partial charge in [-0.05, 0) is 44.9 Å². The summed E-state index contributed by atoms with van der Waals surface area (Å²) in [6.07, 6.45) is 3.53. The highest BCUT2D eigenvalue weighted by Gasteiger charge is 2.27. The second kappa shape index (κ2) is 6.85. The highest BCUT2D eigenvalue weighted by molar-refractivity contribution is 6.30. The fourth-order valence-corrected chi connectivity index (χ4v) is 3.07. The lowest BCUT2D eigenvalue weighted by Crippen LogP contribution is -2.54. The minimum Gasteiger partial charge on any atom is -0.329 e. The summed E-state index contributed by atoms with van der Waals surface area (Å²) in [6, 6.07) is 5.20. The molecule has 1 aliphatic rings. The third-order valence-electron chi connectivity index (χ3n) is 4.07. The Labute approximate surface area is 125 Å². The molecule has 3 N–H and O–H groups in total.